The van der Waals surface area contributed by atoms with Crippen molar-refractivity contribution in [3.05, 3.63) is 27.5 Å². The minimum atomic E-state index is -2.66. The van der Waals surface area contributed by atoms with Crippen LogP contribution in [0.3, 0.4) is 0 Å². The molecule has 0 aliphatic heterocycles. The first kappa shape index (κ1) is 14.0. The second-order valence-electron chi connectivity index (χ2n) is 3.38. The molecule has 0 saturated heterocycles. The maximum absolute atomic E-state index is 12.9. The largest absolute Gasteiger partial charge is 0.466 e. The zero-order valence-corrected chi connectivity index (χ0v) is 11.1. The van der Waals surface area contributed by atoms with Gasteiger partial charge in [-0.25, -0.2) is 8.78 Å². The number of esters is 1. The van der Waals surface area contributed by atoms with E-state index in [9.17, 15) is 13.6 Å². The highest BCUT2D eigenvalue weighted by Gasteiger charge is 2.21. The average molecular weight is 308 g/mol. The van der Waals surface area contributed by atoms with Gasteiger partial charge in [0, 0.05) is 16.2 Å². The fraction of sp³-hybridized carbons (Fsp3) is 0.455. The molecule has 3 nitrogen and oxygen atoms in total. The van der Waals surface area contributed by atoms with Crippen LogP contribution in [0, 0.1) is 6.92 Å². The van der Waals surface area contributed by atoms with E-state index in [-0.39, 0.29) is 28.6 Å². The third-order valence-corrected chi connectivity index (χ3v) is 3.17. The molecule has 0 atom stereocenters. The highest BCUT2D eigenvalue weighted by molar-refractivity contribution is 9.10. The quantitative estimate of drug-likeness (QED) is 0.802. The highest BCUT2D eigenvalue weighted by atomic mass is 79.9. The van der Waals surface area contributed by atoms with Crippen molar-refractivity contribution in [1.29, 1.82) is 0 Å². The van der Waals surface area contributed by atoms with Gasteiger partial charge in [-0.05, 0) is 35.3 Å². The fourth-order valence-electron chi connectivity index (χ4n) is 1.38. The summed E-state index contributed by atoms with van der Waals surface area (Å²) in [5.74, 6) is -0.535. The van der Waals surface area contributed by atoms with Crippen molar-refractivity contribution in [2.75, 3.05) is 6.61 Å². The Hall–Kier alpha value is -1.04. The molecule has 6 heteroatoms. The summed E-state index contributed by atoms with van der Waals surface area (Å²) in [6.45, 7) is 3.50. The number of aryl methyl sites for hydroxylation is 1. The van der Waals surface area contributed by atoms with Crippen molar-refractivity contribution in [3.8, 4) is 0 Å². The Balaban J connectivity index is 3.07. The third kappa shape index (κ3) is 3.46. The zero-order chi connectivity index (χ0) is 13.0. The molecule has 0 radical (unpaired) electrons. The van der Waals surface area contributed by atoms with Crippen LogP contribution >= 0.6 is 15.9 Å². The van der Waals surface area contributed by atoms with Gasteiger partial charge in [0.05, 0.1) is 18.7 Å². The molecule has 0 N–H and O–H groups in total. The Morgan fingerprint density at radius 3 is 2.76 bits per heavy atom. The molecule has 94 valence electrons. The molecular weight excluding hydrogens is 296 g/mol. The summed E-state index contributed by atoms with van der Waals surface area (Å²) >= 11 is 3.07. The van der Waals surface area contributed by atoms with Gasteiger partial charge in [-0.3, -0.25) is 9.78 Å². The van der Waals surface area contributed by atoms with Gasteiger partial charge in [-0.15, -0.1) is 0 Å². The van der Waals surface area contributed by atoms with E-state index in [4.69, 9.17) is 4.74 Å². The Bertz CT molecular complexity index is 424. The van der Waals surface area contributed by atoms with Crippen LogP contribution < -0.4 is 0 Å². The fourth-order valence-corrected chi connectivity index (χ4v) is 1.91. The van der Waals surface area contributed by atoms with E-state index in [2.05, 4.69) is 20.9 Å². The van der Waals surface area contributed by atoms with Crippen LogP contribution in [0.4, 0.5) is 8.78 Å². The molecule has 0 aromatic carbocycles. The Kier molecular flexibility index (Phi) is 4.99. The standard InChI is InChI=1S/C11H12BrF2NO2/c1-3-17-8(16)4-7-5-15-6(2)10(12)9(7)11(13)14/h5,11H,3-4H2,1-2H3. The zero-order valence-electron chi connectivity index (χ0n) is 9.47. The maximum atomic E-state index is 12.9. The van der Waals surface area contributed by atoms with Crippen LogP contribution in [0.1, 0.15) is 30.2 Å². The summed E-state index contributed by atoms with van der Waals surface area (Å²) in [6, 6.07) is 0. The Morgan fingerprint density at radius 1 is 1.59 bits per heavy atom. The van der Waals surface area contributed by atoms with E-state index in [1.165, 1.54) is 6.20 Å². The Labute approximate surface area is 106 Å². The molecule has 0 bridgehead atoms. The van der Waals surface area contributed by atoms with Crippen LogP contribution in [0.15, 0.2) is 10.7 Å². The predicted octanol–water partition coefficient (Wildman–Crippen LogP) is 3.20. The molecule has 0 unspecified atom stereocenters. The number of pyridine rings is 1. The van der Waals surface area contributed by atoms with Crippen molar-refractivity contribution < 1.29 is 18.3 Å². The van der Waals surface area contributed by atoms with Crippen molar-refractivity contribution in [3.63, 3.8) is 0 Å². The molecule has 0 spiro atoms. The lowest BCUT2D eigenvalue weighted by molar-refractivity contribution is -0.142. The lowest BCUT2D eigenvalue weighted by Crippen LogP contribution is -2.11. The van der Waals surface area contributed by atoms with E-state index >= 15 is 0 Å². The molecule has 0 aliphatic carbocycles. The van der Waals surface area contributed by atoms with Crippen LogP contribution in [0.5, 0.6) is 0 Å². The number of carbonyl (C=O) groups is 1. The molecule has 0 saturated carbocycles. The maximum Gasteiger partial charge on any atom is 0.310 e. The predicted molar refractivity (Wildman–Crippen MR) is 62.0 cm³/mol. The van der Waals surface area contributed by atoms with Crippen molar-refractivity contribution in [2.24, 2.45) is 0 Å². The number of ether oxygens (including phenoxy) is 1. The average Bonchev–Trinajstić information content (AvgIpc) is 2.23. The summed E-state index contributed by atoms with van der Waals surface area (Å²) in [5.41, 5.74) is 0.467. The number of carbonyl (C=O) groups excluding carboxylic acids is 1. The minimum absolute atomic E-state index is 0.189. The van der Waals surface area contributed by atoms with Gasteiger partial charge in [0.25, 0.3) is 6.43 Å². The smallest absolute Gasteiger partial charge is 0.310 e. The summed E-state index contributed by atoms with van der Waals surface area (Å²) < 4.78 is 30.8. The molecule has 1 aromatic heterocycles. The van der Waals surface area contributed by atoms with E-state index in [0.29, 0.717) is 5.69 Å². The van der Waals surface area contributed by atoms with Crippen molar-refractivity contribution in [1.82, 2.24) is 4.98 Å². The molecule has 1 aromatic rings. The second kappa shape index (κ2) is 6.05. The van der Waals surface area contributed by atoms with Gasteiger partial charge in [0.1, 0.15) is 0 Å². The summed E-state index contributed by atoms with van der Waals surface area (Å²) in [4.78, 5) is 15.2. The normalized spacial score (nSPS) is 10.7. The Morgan fingerprint density at radius 2 is 2.24 bits per heavy atom. The third-order valence-electron chi connectivity index (χ3n) is 2.17. The van der Waals surface area contributed by atoms with E-state index in [0.717, 1.165) is 0 Å². The number of hydrogen-bond donors (Lipinski definition) is 0. The monoisotopic (exact) mass is 307 g/mol. The second-order valence-corrected chi connectivity index (χ2v) is 4.17. The number of alkyl halides is 2. The summed E-state index contributed by atoms with van der Waals surface area (Å²) in [7, 11) is 0. The molecule has 1 rings (SSSR count). The summed E-state index contributed by atoms with van der Waals surface area (Å²) in [5, 5.41) is 0. The van der Waals surface area contributed by atoms with E-state index in [1.54, 1.807) is 13.8 Å². The van der Waals surface area contributed by atoms with Gasteiger partial charge in [0.2, 0.25) is 0 Å². The number of nitrogens with zero attached hydrogens (tertiary/aromatic N) is 1. The first-order valence-corrected chi connectivity index (χ1v) is 5.84. The van der Waals surface area contributed by atoms with Crippen LogP contribution in [-0.2, 0) is 16.0 Å². The van der Waals surface area contributed by atoms with Crippen LogP contribution in [-0.4, -0.2) is 17.6 Å². The van der Waals surface area contributed by atoms with Crippen LogP contribution in [0.2, 0.25) is 0 Å². The molecule has 0 fully saturated rings. The van der Waals surface area contributed by atoms with Gasteiger partial charge in [-0.2, -0.15) is 0 Å². The lowest BCUT2D eigenvalue weighted by Gasteiger charge is -2.11. The number of aromatic nitrogens is 1. The molecule has 0 amide bonds. The van der Waals surface area contributed by atoms with Gasteiger partial charge >= 0.3 is 5.97 Å². The molecule has 0 aliphatic rings. The first-order chi connectivity index (χ1) is 7.97. The van der Waals surface area contributed by atoms with E-state index in [1.807, 2.05) is 0 Å². The topological polar surface area (TPSA) is 39.2 Å². The molecule has 17 heavy (non-hydrogen) atoms. The van der Waals surface area contributed by atoms with Crippen molar-refractivity contribution in [2.45, 2.75) is 26.7 Å². The SMILES string of the molecule is CCOC(=O)Cc1cnc(C)c(Br)c1C(F)F. The van der Waals surface area contributed by atoms with Gasteiger partial charge in [-0.1, -0.05) is 0 Å². The van der Waals surface area contributed by atoms with E-state index < -0.39 is 12.4 Å². The van der Waals surface area contributed by atoms with Crippen molar-refractivity contribution >= 4 is 21.9 Å². The summed E-state index contributed by atoms with van der Waals surface area (Å²) in [6.07, 6.45) is -1.56. The molecular formula is C11H12BrF2NO2. The van der Waals surface area contributed by atoms with Gasteiger partial charge in [0.15, 0.2) is 0 Å². The van der Waals surface area contributed by atoms with Crippen LogP contribution in [0.25, 0.3) is 0 Å². The molecule has 1 heterocycles. The highest BCUT2D eigenvalue weighted by Crippen LogP contribution is 2.32. The minimum Gasteiger partial charge on any atom is -0.466 e. The lowest BCUT2D eigenvalue weighted by atomic mass is 10.1. The number of halogens is 3. The number of hydrogen-bond acceptors (Lipinski definition) is 3. The number of rotatable bonds is 4. The van der Waals surface area contributed by atoms with Gasteiger partial charge < -0.3 is 4.74 Å². The first-order valence-electron chi connectivity index (χ1n) is 5.05.